The summed E-state index contributed by atoms with van der Waals surface area (Å²) < 4.78 is 12.3. The number of nitrogens with two attached hydrogens (primary N) is 1. The average molecular weight is 311 g/mol. The molecule has 3 rings (SSSR count). The van der Waals surface area contributed by atoms with Gasteiger partial charge in [0.25, 0.3) is 5.91 Å². The molecule has 1 amide bonds. The smallest absolute Gasteiger partial charge is 0.252 e. The number of pyridine rings is 1. The van der Waals surface area contributed by atoms with Crippen LogP contribution < -0.4 is 15.2 Å². The molecule has 2 aromatic heterocycles. The largest absolute Gasteiger partial charge is 0.494 e. The van der Waals surface area contributed by atoms with Gasteiger partial charge in [0.05, 0.1) is 25.0 Å². The highest BCUT2D eigenvalue weighted by Crippen LogP contribution is 2.31. The van der Waals surface area contributed by atoms with E-state index in [9.17, 15) is 4.79 Å². The zero-order valence-corrected chi connectivity index (χ0v) is 12.7. The van der Waals surface area contributed by atoms with E-state index in [0.717, 1.165) is 11.3 Å². The third-order valence-electron chi connectivity index (χ3n) is 3.37. The molecule has 0 saturated carbocycles. The Hall–Kier alpha value is -3.09. The Morgan fingerprint density at radius 2 is 2.22 bits per heavy atom. The molecular formula is C16H15N4O3. The van der Waals surface area contributed by atoms with E-state index in [1.165, 1.54) is 7.11 Å². The van der Waals surface area contributed by atoms with Crippen molar-refractivity contribution in [1.29, 1.82) is 0 Å². The molecule has 0 aliphatic carbocycles. The van der Waals surface area contributed by atoms with Gasteiger partial charge in [-0.15, -0.1) is 5.10 Å². The second-order valence-corrected chi connectivity index (χ2v) is 4.75. The standard InChI is InChI=1S/C16H15N4O3/c1-3-23-11-6-4-5-10(7-11)13-8-12(15(17)21)14(22-2)16-18-9-19-20(13)16/h4-8H,3H2,1-2H3,(H2,17,21). The second-order valence-electron chi connectivity index (χ2n) is 4.75. The molecule has 1 radical (unpaired) electrons. The van der Waals surface area contributed by atoms with Crippen LogP contribution in [-0.2, 0) is 0 Å². The lowest BCUT2D eigenvalue weighted by atomic mass is 10.1. The Kier molecular flexibility index (Phi) is 3.84. The van der Waals surface area contributed by atoms with Crippen LogP contribution in [0, 0.1) is 6.33 Å². The van der Waals surface area contributed by atoms with Gasteiger partial charge in [-0.2, -0.15) is 0 Å². The van der Waals surface area contributed by atoms with Crippen molar-refractivity contribution >= 4 is 11.6 Å². The minimum absolute atomic E-state index is 0.234. The van der Waals surface area contributed by atoms with Gasteiger partial charge < -0.3 is 15.2 Å². The molecule has 0 unspecified atom stereocenters. The van der Waals surface area contributed by atoms with Crippen LogP contribution in [0.2, 0.25) is 0 Å². The van der Waals surface area contributed by atoms with Crippen LogP contribution in [-0.4, -0.2) is 34.2 Å². The highest BCUT2D eigenvalue weighted by atomic mass is 16.5. The van der Waals surface area contributed by atoms with E-state index < -0.39 is 5.91 Å². The molecule has 0 aliphatic rings. The van der Waals surface area contributed by atoms with Crippen LogP contribution in [0.25, 0.3) is 16.9 Å². The molecule has 1 aromatic carbocycles. The van der Waals surface area contributed by atoms with Crippen molar-refractivity contribution < 1.29 is 14.3 Å². The van der Waals surface area contributed by atoms with E-state index in [1.807, 2.05) is 31.2 Å². The molecule has 0 fully saturated rings. The summed E-state index contributed by atoms with van der Waals surface area (Å²) in [6.07, 6.45) is 2.53. The normalized spacial score (nSPS) is 10.7. The van der Waals surface area contributed by atoms with Gasteiger partial charge in [0.2, 0.25) is 6.33 Å². The highest BCUT2D eigenvalue weighted by Gasteiger charge is 2.19. The number of carbonyl (C=O) groups excluding carboxylic acids is 1. The zero-order chi connectivity index (χ0) is 16.4. The molecule has 7 heteroatoms. The minimum Gasteiger partial charge on any atom is -0.494 e. The van der Waals surface area contributed by atoms with Crippen LogP contribution in [0.5, 0.6) is 11.5 Å². The highest BCUT2D eigenvalue weighted by molar-refractivity contribution is 5.99. The van der Waals surface area contributed by atoms with Gasteiger partial charge in [0.15, 0.2) is 11.4 Å². The van der Waals surface area contributed by atoms with Crippen molar-refractivity contribution in [3.63, 3.8) is 0 Å². The number of hydrogen-bond donors (Lipinski definition) is 1. The third kappa shape index (κ3) is 2.57. The van der Waals surface area contributed by atoms with E-state index >= 15 is 0 Å². The summed E-state index contributed by atoms with van der Waals surface area (Å²) in [6.45, 7) is 2.47. The Balaban J connectivity index is 2.27. The number of aromatic nitrogens is 3. The molecule has 7 nitrogen and oxygen atoms in total. The minimum atomic E-state index is -0.602. The molecule has 2 N–H and O–H groups in total. The molecule has 2 heterocycles. The molecule has 0 saturated heterocycles. The second kappa shape index (κ2) is 5.96. The molecular weight excluding hydrogens is 296 g/mol. The van der Waals surface area contributed by atoms with Crippen molar-refractivity contribution in [3.05, 3.63) is 42.2 Å². The number of carbonyl (C=O) groups is 1. The zero-order valence-electron chi connectivity index (χ0n) is 12.7. The van der Waals surface area contributed by atoms with Crippen LogP contribution in [0.1, 0.15) is 17.3 Å². The number of benzene rings is 1. The lowest BCUT2D eigenvalue weighted by Crippen LogP contribution is -2.14. The van der Waals surface area contributed by atoms with E-state index in [2.05, 4.69) is 16.4 Å². The molecule has 0 aliphatic heterocycles. The fourth-order valence-corrected chi connectivity index (χ4v) is 2.41. The van der Waals surface area contributed by atoms with Gasteiger partial charge in [0, 0.05) is 5.56 Å². The number of nitrogens with zero attached hydrogens (tertiary/aromatic N) is 3. The predicted molar refractivity (Wildman–Crippen MR) is 83.5 cm³/mol. The molecule has 3 aromatic rings. The Morgan fingerprint density at radius 3 is 2.91 bits per heavy atom. The monoisotopic (exact) mass is 311 g/mol. The van der Waals surface area contributed by atoms with Crippen LogP contribution >= 0.6 is 0 Å². The van der Waals surface area contributed by atoms with Gasteiger partial charge in [-0.05, 0) is 25.1 Å². The Labute approximate surface area is 132 Å². The maximum atomic E-state index is 11.7. The van der Waals surface area contributed by atoms with Gasteiger partial charge in [-0.3, -0.25) is 4.79 Å². The van der Waals surface area contributed by atoms with Gasteiger partial charge in [-0.25, -0.2) is 9.50 Å². The molecule has 23 heavy (non-hydrogen) atoms. The third-order valence-corrected chi connectivity index (χ3v) is 3.37. The number of fused-ring (bicyclic) bond motifs is 1. The van der Waals surface area contributed by atoms with Crippen LogP contribution in [0.3, 0.4) is 0 Å². The lowest BCUT2D eigenvalue weighted by Gasteiger charge is -2.12. The number of hydrogen-bond acceptors (Lipinski definition) is 5. The summed E-state index contributed by atoms with van der Waals surface area (Å²) >= 11 is 0. The van der Waals surface area contributed by atoms with Gasteiger partial charge in [0.1, 0.15) is 5.75 Å². The summed E-state index contributed by atoms with van der Waals surface area (Å²) in [5.74, 6) is 0.393. The summed E-state index contributed by atoms with van der Waals surface area (Å²) in [7, 11) is 1.45. The van der Waals surface area contributed by atoms with Crippen molar-refractivity contribution in [1.82, 2.24) is 14.6 Å². The number of rotatable bonds is 5. The summed E-state index contributed by atoms with van der Waals surface area (Å²) in [4.78, 5) is 15.8. The Bertz CT molecular complexity index is 873. The topological polar surface area (TPSA) is 91.7 Å². The first-order valence-corrected chi connectivity index (χ1v) is 7.02. The van der Waals surface area contributed by atoms with Crippen molar-refractivity contribution in [3.8, 4) is 22.8 Å². The summed E-state index contributed by atoms with van der Waals surface area (Å²) in [5.41, 5.74) is 7.53. The molecule has 117 valence electrons. The number of ether oxygens (including phenoxy) is 2. The van der Waals surface area contributed by atoms with Crippen molar-refractivity contribution in [2.75, 3.05) is 13.7 Å². The van der Waals surface area contributed by atoms with E-state index in [-0.39, 0.29) is 11.3 Å². The first-order valence-electron chi connectivity index (χ1n) is 7.02. The predicted octanol–water partition coefficient (Wildman–Crippen LogP) is 1.70. The average Bonchev–Trinajstić information content (AvgIpc) is 3.03. The number of methoxy groups -OCH3 is 1. The summed E-state index contributed by atoms with van der Waals surface area (Å²) in [6, 6.07) is 9.09. The van der Waals surface area contributed by atoms with E-state index in [0.29, 0.717) is 17.9 Å². The van der Waals surface area contributed by atoms with Crippen molar-refractivity contribution in [2.24, 2.45) is 5.73 Å². The lowest BCUT2D eigenvalue weighted by molar-refractivity contribution is 0.0997. The van der Waals surface area contributed by atoms with E-state index in [4.69, 9.17) is 15.2 Å². The summed E-state index contributed by atoms with van der Waals surface area (Å²) in [5, 5.41) is 4.09. The van der Waals surface area contributed by atoms with Crippen LogP contribution in [0.4, 0.5) is 0 Å². The van der Waals surface area contributed by atoms with E-state index in [1.54, 1.807) is 10.6 Å². The van der Waals surface area contributed by atoms with Crippen LogP contribution in [0.15, 0.2) is 30.3 Å². The quantitative estimate of drug-likeness (QED) is 0.774. The molecule has 0 atom stereocenters. The number of amides is 1. The first kappa shape index (κ1) is 14.8. The maximum Gasteiger partial charge on any atom is 0.252 e. The molecule has 0 bridgehead atoms. The number of primary amides is 1. The SMILES string of the molecule is CCOc1cccc(-c2cc(C(N)=O)c(OC)c3n[c]nn23)c1. The maximum absolute atomic E-state index is 11.7. The molecule has 0 spiro atoms. The first-order chi connectivity index (χ1) is 11.2. The van der Waals surface area contributed by atoms with Gasteiger partial charge >= 0.3 is 0 Å². The Morgan fingerprint density at radius 1 is 1.39 bits per heavy atom. The fourth-order valence-electron chi connectivity index (χ4n) is 2.41. The van der Waals surface area contributed by atoms with Gasteiger partial charge in [-0.1, -0.05) is 12.1 Å². The fraction of sp³-hybridized carbons (Fsp3) is 0.188. The van der Waals surface area contributed by atoms with Crippen molar-refractivity contribution in [2.45, 2.75) is 6.92 Å².